The van der Waals surface area contributed by atoms with Gasteiger partial charge in [-0.2, -0.15) is 0 Å². The molecule has 5 heteroatoms. The average Bonchev–Trinajstić information content (AvgIpc) is 2.86. The van der Waals surface area contributed by atoms with Crippen molar-refractivity contribution in [3.8, 4) is 0 Å². The van der Waals surface area contributed by atoms with Gasteiger partial charge in [0.25, 0.3) is 5.91 Å². The Balaban J connectivity index is 1.78. The summed E-state index contributed by atoms with van der Waals surface area (Å²) in [5.41, 5.74) is -0.491. The number of carboxylic acid groups (broad SMARTS) is 1. The van der Waals surface area contributed by atoms with Crippen molar-refractivity contribution in [2.75, 3.05) is 0 Å². The minimum atomic E-state index is -1.08. The molecule has 1 amide bonds. The summed E-state index contributed by atoms with van der Waals surface area (Å²) < 4.78 is 2.00. The fourth-order valence-electron chi connectivity index (χ4n) is 3.40. The summed E-state index contributed by atoms with van der Waals surface area (Å²) in [7, 11) is 0. The number of nitrogens with one attached hydrogen (secondary N) is 1. The molecule has 2 fully saturated rings. The third-order valence-electron chi connectivity index (χ3n) is 4.95. The van der Waals surface area contributed by atoms with E-state index in [-0.39, 0.29) is 5.91 Å². The van der Waals surface area contributed by atoms with Gasteiger partial charge in [0.1, 0.15) is 11.2 Å². The summed E-state index contributed by atoms with van der Waals surface area (Å²) in [6.07, 6.45) is 9.13. The van der Waals surface area contributed by atoms with E-state index in [0.717, 1.165) is 32.1 Å². The van der Waals surface area contributed by atoms with Crippen LogP contribution in [0.25, 0.3) is 0 Å². The van der Waals surface area contributed by atoms with E-state index in [1.807, 2.05) is 16.8 Å². The Bertz CT molecular complexity index is 539. The third-order valence-corrected chi connectivity index (χ3v) is 4.95. The Morgan fingerprint density at radius 2 is 1.90 bits per heavy atom. The zero-order valence-electron chi connectivity index (χ0n) is 12.2. The molecule has 3 rings (SSSR count). The van der Waals surface area contributed by atoms with Gasteiger partial charge in [0.2, 0.25) is 0 Å². The summed E-state index contributed by atoms with van der Waals surface area (Å²) >= 11 is 0. The van der Waals surface area contributed by atoms with Crippen molar-refractivity contribution >= 4 is 11.9 Å². The van der Waals surface area contributed by atoms with E-state index >= 15 is 0 Å². The van der Waals surface area contributed by atoms with E-state index in [2.05, 4.69) is 5.32 Å². The Morgan fingerprint density at radius 1 is 1.19 bits per heavy atom. The topological polar surface area (TPSA) is 71.3 Å². The van der Waals surface area contributed by atoms with Crippen molar-refractivity contribution in [3.63, 3.8) is 0 Å². The molecule has 0 spiro atoms. The minimum Gasteiger partial charge on any atom is -0.480 e. The van der Waals surface area contributed by atoms with Crippen LogP contribution in [0.15, 0.2) is 18.3 Å². The number of nitrogens with zero attached hydrogens (tertiary/aromatic N) is 1. The fraction of sp³-hybridized carbons (Fsp3) is 0.625. The maximum Gasteiger partial charge on any atom is 0.329 e. The van der Waals surface area contributed by atoms with Gasteiger partial charge in [-0.25, -0.2) is 4.79 Å². The number of carbonyl (C=O) groups is 2. The van der Waals surface area contributed by atoms with Gasteiger partial charge >= 0.3 is 5.97 Å². The standard InChI is InChI=1S/C16H22N2O3/c19-14(13-8-5-11-18(13)12-6-4-7-12)17-16(15(20)21)9-2-1-3-10-16/h5,8,11-12H,1-4,6-7,9-10H2,(H,17,19)(H,20,21). The monoisotopic (exact) mass is 290 g/mol. The number of hydrogen-bond acceptors (Lipinski definition) is 2. The Morgan fingerprint density at radius 3 is 2.48 bits per heavy atom. The summed E-state index contributed by atoms with van der Waals surface area (Å²) in [5, 5.41) is 12.4. The van der Waals surface area contributed by atoms with E-state index in [9.17, 15) is 14.7 Å². The van der Waals surface area contributed by atoms with Crippen molar-refractivity contribution < 1.29 is 14.7 Å². The Labute approximate surface area is 124 Å². The zero-order valence-corrected chi connectivity index (χ0v) is 12.2. The van der Waals surface area contributed by atoms with Gasteiger partial charge in [-0.1, -0.05) is 19.3 Å². The van der Waals surface area contributed by atoms with Crippen LogP contribution in [0, 0.1) is 0 Å². The molecule has 1 heterocycles. The molecule has 114 valence electrons. The van der Waals surface area contributed by atoms with Crippen molar-refractivity contribution in [1.82, 2.24) is 9.88 Å². The van der Waals surface area contributed by atoms with Gasteiger partial charge in [0, 0.05) is 12.2 Å². The number of aromatic nitrogens is 1. The zero-order chi connectivity index (χ0) is 14.9. The molecule has 0 aliphatic heterocycles. The average molecular weight is 290 g/mol. The van der Waals surface area contributed by atoms with Crippen molar-refractivity contribution in [2.45, 2.75) is 62.9 Å². The van der Waals surface area contributed by atoms with E-state index in [1.54, 1.807) is 6.07 Å². The highest BCUT2D eigenvalue weighted by atomic mass is 16.4. The lowest BCUT2D eigenvalue weighted by Gasteiger charge is -2.35. The first-order valence-corrected chi connectivity index (χ1v) is 7.85. The molecule has 2 aliphatic carbocycles. The molecule has 0 saturated heterocycles. The number of amides is 1. The van der Waals surface area contributed by atoms with Crippen LogP contribution in [0.3, 0.4) is 0 Å². The van der Waals surface area contributed by atoms with E-state index < -0.39 is 11.5 Å². The van der Waals surface area contributed by atoms with Gasteiger partial charge < -0.3 is 15.0 Å². The Kier molecular flexibility index (Phi) is 3.74. The molecule has 5 nitrogen and oxygen atoms in total. The van der Waals surface area contributed by atoms with Crippen LogP contribution in [0.1, 0.15) is 67.9 Å². The van der Waals surface area contributed by atoms with Crippen LogP contribution >= 0.6 is 0 Å². The summed E-state index contributed by atoms with van der Waals surface area (Å²) in [6, 6.07) is 4.04. The second kappa shape index (κ2) is 5.54. The molecule has 2 saturated carbocycles. The third kappa shape index (κ3) is 2.57. The van der Waals surface area contributed by atoms with Crippen molar-refractivity contribution in [2.24, 2.45) is 0 Å². The molecular formula is C16H22N2O3. The molecule has 0 atom stereocenters. The van der Waals surface area contributed by atoms with Gasteiger partial charge in [0.15, 0.2) is 0 Å². The van der Waals surface area contributed by atoms with E-state index in [0.29, 0.717) is 24.6 Å². The predicted molar refractivity (Wildman–Crippen MR) is 78.2 cm³/mol. The smallest absolute Gasteiger partial charge is 0.329 e. The van der Waals surface area contributed by atoms with Crippen LogP contribution in [-0.2, 0) is 4.79 Å². The highest BCUT2D eigenvalue weighted by molar-refractivity contribution is 5.96. The van der Waals surface area contributed by atoms with E-state index in [1.165, 1.54) is 6.42 Å². The lowest BCUT2D eigenvalue weighted by atomic mass is 9.81. The molecule has 0 unspecified atom stereocenters. The normalized spacial score (nSPS) is 21.5. The van der Waals surface area contributed by atoms with Crippen LogP contribution in [-0.4, -0.2) is 27.1 Å². The lowest BCUT2D eigenvalue weighted by molar-refractivity contribution is -0.145. The second-order valence-electron chi connectivity index (χ2n) is 6.29. The van der Waals surface area contributed by atoms with Gasteiger partial charge in [-0.3, -0.25) is 4.79 Å². The summed E-state index contributed by atoms with van der Waals surface area (Å²) in [4.78, 5) is 24.2. The quantitative estimate of drug-likeness (QED) is 0.895. The molecule has 1 aromatic heterocycles. The summed E-state index contributed by atoms with van der Waals surface area (Å²) in [5.74, 6) is -1.16. The minimum absolute atomic E-state index is 0.254. The largest absolute Gasteiger partial charge is 0.480 e. The predicted octanol–water partition coefficient (Wildman–Crippen LogP) is 2.73. The van der Waals surface area contributed by atoms with Gasteiger partial charge in [0.05, 0.1) is 0 Å². The molecular weight excluding hydrogens is 268 g/mol. The first kappa shape index (κ1) is 14.2. The molecule has 2 N–H and O–H groups in total. The molecule has 0 aromatic carbocycles. The van der Waals surface area contributed by atoms with Crippen LogP contribution in [0.4, 0.5) is 0 Å². The van der Waals surface area contributed by atoms with Crippen LogP contribution in [0.5, 0.6) is 0 Å². The number of carbonyl (C=O) groups excluding carboxylic acids is 1. The highest BCUT2D eigenvalue weighted by Gasteiger charge is 2.41. The number of carboxylic acids is 1. The molecule has 21 heavy (non-hydrogen) atoms. The fourth-order valence-corrected chi connectivity index (χ4v) is 3.40. The van der Waals surface area contributed by atoms with Gasteiger partial charge in [-0.05, 0) is 44.2 Å². The second-order valence-corrected chi connectivity index (χ2v) is 6.29. The maximum absolute atomic E-state index is 12.6. The first-order chi connectivity index (χ1) is 10.1. The number of rotatable bonds is 4. The Hall–Kier alpha value is -1.78. The van der Waals surface area contributed by atoms with Gasteiger partial charge in [-0.15, -0.1) is 0 Å². The highest BCUT2D eigenvalue weighted by Crippen LogP contribution is 2.33. The molecule has 0 bridgehead atoms. The molecule has 2 aliphatic rings. The van der Waals surface area contributed by atoms with Crippen molar-refractivity contribution in [1.29, 1.82) is 0 Å². The molecule has 1 aromatic rings. The lowest BCUT2D eigenvalue weighted by Crippen LogP contribution is -2.55. The number of aliphatic carboxylic acids is 1. The van der Waals surface area contributed by atoms with Crippen LogP contribution < -0.4 is 5.32 Å². The maximum atomic E-state index is 12.6. The SMILES string of the molecule is O=C(NC1(C(=O)O)CCCCC1)c1cccn1C1CCC1. The number of hydrogen-bond donors (Lipinski definition) is 2. The first-order valence-electron chi connectivity index (χ1n) is 7.85. The summed E-state index contributed by atoms with van der Waals surface area (Å²) in [6.45, 7) is 0. The molecule has 0 radical (unpaired) electrons. The van der Waals surface area contributed by atoms with Crippen molar-refractivity contribution in [3.05, 3.63) is 24.0 Å². The van der Waals surface area contributed by atoms with Crippen LogP contribution in [0.2, 0.25) is 0 Å². The van der Waals surface area contributed by atoms with E-state index in [4.69, 9.17) is 0 Å².